The number of rotatable bonds is 4. The Bertz CT molecular complexity index is 492. The van der Waals surface area contributed by atoms with E-state index in [9.17, 15) is 5.11 Å². The third kappa shape index (κ3) is 3.39. The third-order valence-electron chi connectivity index (χ3n) is 2.42. The Morgan fingerprint density at radius 3 is 2.94 bits per heavy atom. The number of aliphatic hydroxyl groups excluding tert-OH is 1. The lowest BCUT2D eigenvalue weighted by Gasteiger charge is -1.98. The van der Waals surface area contributed by atoms with Gasteiger partial charge in [0, 0.05) is 6.42 Å². The molecular formula is C13H16N2O2. The molecule has 0 aliphatic carbocycles. The largest absolute Gasteiger partial charge is 0.393 e. The first-order valence-corrected chi connectivity index (χ1v) is 5.68. The van der Waals surface area contributed by atoms with Gasteiger partial charge in [-0.1, -0.05) is 35.0 Å². The van der Waals surface area contributed by atoms with Crippen LogP contribution < -0.4 is 0 Å². The molecule has 2 aromatic rings. The van der Waals surface area contributed by atoms with Crippen molar-refractivity contribution < 1.29 is 9.63 Å². The van der Waals surface area contributed by atoms with Crippen molar-refractivity contribution in [3.63, 3.8) is 0 Å². The zero-order valence-corrected chi connectivity index (χ0v) is 10.1. The Kier molecular flexibility index (Phi) is 3.54. The zero-order chi connectivity index (χ0) is 12.3. The summed E-state index contributed by atoms with van der Waals surface area (Å²) >= 11 is 0. The molecule has 0 saturated carbocycles. The van der Waals surface area contributed by atoms with Crippen LogP contribution in [-0.4, -0.2) is 21.4 Å². The van der Waals surface area contributed by atoms with Crippen molar-refractivity contribution in [2.75, 3.05) is 0 Å². The molecule has 1 atom stereocenters. The molecule has 1 N–H and O–H groups in total. The van der Waals surface area contributed by atoms with Gasteiger partial charge in [0.05, 0.1) is 12.5 Å². The predicted molar refractivity (Wildman–Crippen MR) is 63.7 cm³/mol. The summed E-state index contributed by atoms with van der Waals surface area (Å²) in [5.74, 6) is 1.15. The van der Waals surface area contributed by atoms with Gasteiger partial charge in [-0.15, -0.1) is 0 Å². The Labute approximate surface area is 100 Å². The molecule has 0 fully saturated rings. The van der Waals surface area contributed by atoms with Gasteiger partial charge in [-0.05, 0) is 19.4 Å². The Morgan fingerprint density at radius 2 is 2.24 bits per heavy atom. The summed E-state index contributed by atoms with van der Waals surface area (Å²) in [4.78, 5) is 4.24. The number of aliphatic hydroxyl groups is 1. The van der Waals surface area contributed by atoms with E-state index in [1.54, 1.807) is 6.92 Å². The molecule has 17 heavy (non-hydrogen) atoms. The maximum atomic E-state index is 9.21. The summed E-state index contributed by atoms with van der Waals surface area (Å²) < 4.78 is 5.06. The molecule has 4 heteroatoms. The fourth-order valence-corrected chi connectivity index (χ4v) is 1.70. The van der Waals surface area contributed by atoms with Crippen LogP contribution in [0.4, 0.5) is 0 Å². The van der Waals surface area contributed by atoms with Gasteiger partial charge in [0.25, 0.3) is 0 Å². The molecular weight excluding hydrogens is 216 g/mol. The van der Waals surface area contributed by atoms with Crippen LogP contribution in [-0.2, 0) is 12.8 Å². The molecule has 0 saturated heterocycles. The maximum Gasteiger partial charge on any atom is 0.229 e. The first-order valence-electron chi connectivity index (χ1n) is 5.68. The third-order valence-corrected chi connectivity index (χ3v) is 2.42. The average Bonchev–Trinajstić information content (AvgIpc) is 2.64. The number of hydrogen-bond acceptors (Lipinski definition) is 4. The molecule has 1 aromatic carbocycles. The highest BCUT2D eigenvalue weighted by molar-refractivity contribution is 5.24. The van der Waals surface area contributed by atoms with Crippen LogP contribution in [0.5, 0.6) is 0 Å². The van der Waals surface area contributed by atoms with Crippen LogP contribution in [0.15, 0.2) is 28.8 Å². The van der Waals surface area contributed by atoms with Crippen molar-refractivity contribution in [2.45, 2.75) is 32.8 Å². The number of aromatic nitrogens is 2. The quantitative estimate of drug-likeness (QED) is 0.874. The highest BCUT2D eigenvalue weighted by Gasteiger charge is 2.09. The van der Waals surface area contributed by atoms with Gasteiger partial charge >= 0.3 is 0 Å². The molecule has 0 radical (unpaired) electrons. The molecule has 1 heterocycles. The predicted octanol–water partition coefficient (Wildman–Crippen LogP) is 1.89. The van der Waals surface area contributed by atoms with Gasteiger partial charge < -0.3 is 9.63 Å². The second kappa shape index (κ2) is 5.10. The van der Waals surface area contributed by atoms with E-state index in [1.807, 2.05) is 12.1 Å². The van der Waals surface area contributed by atoms with E-state index in [1.165, 1.54) is 5.56 Å². The van der Waals surface area contributed by atoms with Gasteiger partial charge in [-0.2, -0.15) is 4.98 Å². The first kappa shape index (κ1) is 11.8. The van der Waals surface area contributed by atoms with Crippen molar-refractivity contribution in [2.24, 2.45) is 0 Å². The Hall–Kier alpha value is -1.68. The van der Waals surface area contributed by atoms with Crippen molar-refractivity contribution in [3.05, 3.63) is 47.1 Å². The van der Waals surface area contributed by atoms with E-state index >= 15 is 0 Å². The van der Waals surface area contributed by atoms with E-state index in [-0.39, 0.29) is 0 Å². The first-order chi connectivity index (χ1) is 8.13. The Balaban J connectivity index is 2.06. The maximum absolute atomic E-state index is 9.21. The van der Waals surface area contributed by atoms with Gasteiger partial charge in [0.2, 0.25) is 5.89 Å². The summed E-state index contributed by atoms with van der Waals surface area (Å²) in [7, 11) is 0. The molecule has 0 spiro atoms. The number of benzene rings is 1. The van der Waals surface area contributed by atoms with Crippen LogP contribution in [0.1, 0.15) is 29.8 Å². The van der Waals surface area contributed by atoms with E-state index < -0.39 is 6.10 Å². The van der Waals surface area contributed by atoms with Crippen molar-refractivity contribution in [1.82, 2.24) is 10.1 Å². The highest BCUT2D eigenvalue weighted by atomic mass is 16.5. The molecule has 90 valence electrons. The minimum atomic E-state index is -0.456. The summed E-state index contributed by atoms with van der Waals surface area (Å²) in [5, 5.41) is 13.1. The molecule has 1 unspecified atom stereocenters. The second-order valence-electron chi connectivity index (χ2n) is 4.32. The van der Waals surface area contributed by atoms with Gasteiger partial charge in [-0.25, -0.2) is 0 Å². The summed E-state index contributed by atoms with van der Waals surface area (Å²) in [6.45, 7) is 3.75. The molecule has 2 rings (SSSR count). The zero-order valence-electron chi connectivity index (χ0n) is 10.1. The summed E-state index contributed by atoms with van der Waals surface area (Å²) in [6, 6.07) is 8.21. The van der Waals surface area contributed by atoms with Crippen molar-refractivity contribution >= 4 is 0 Å². The standard InChI is InChI=1S/C13H16N2O2/c1-9-4-3-5-11(6-9)8-12-14-13(17-15-12)7-10(2)16/h3-6,10,16H,7-8H2,1-2H3. The molecule has 0 aliphatic heterocycles. The molecule has 0 aliphatic rings. The Morgan fingerprint density at radius 1 is 1.41 bits per heavy atom. The lowest BCUT2D eigenvalue weighted by molar-refractivity contribution is 0.181. The molecule has 4 nitrogen and oxygen atoms in total. The van der Waals surface area contributed by atoms with E-state index in [0.717, 1.165) is 5.56 Å². The minimum absolute atomic E-state index is 0.404. The topological polar surface area (TPSA) is 59.2 Å². The number of hydrogen-bond donors (Lipinski definition) is 1. The number of nitrogens with zero attached hydrogens (tertiary/aromatic N) is 2. The van der Waals surface area contributed by atoms with E-state index in [4.69, 9.17) is 4.52 Å². The second-order valence-corrected chi connectivity index (χ2v) is 4.32. The van der Waals surface area contributed by atoms with Crippen LogP contribution in [0.25, 0.3) is 0 Å². The van der Waals surface area contributed by atoms with Crippen LogP contribution in [0.2, 0.25) is 0 Å². The van der Waals surface area contributed by atoms with Crippen molar-refractivity contribution in [1.29, 1.82) is 0 Å². The van der Waals surface area contributed by atoms with Gasteiger partial charge in [0.1, 0.15) is 0 Å². The van der Waals surface area contributed by atoms with E-state index in [2.05, 4.69) is 29.2 Å². The lowest BCUT2D eigenvalue weighted by Crippen LogP contribution is -2.04. The summed E-state index contributed by atoms with van der Waals surface area (Å²) in [5.41, 5.74) is 2.38. The molecule has 0 amide bonds. The SMILES string of the molecule is Cc1cccc(Cc2noc(CC(C)O)n2)c1. The van der Waals surface area contributed by atoms with Crippen LogP contribution >= 0.6 is 0 Å². The number of aryl methyl sites for hydroxylation is 1. The van der Waals surface area contributed by atoms with Crippen molar-refractivity contribution in [3.8, 4) is 0 Å². The molecule has 0 bridgehead atoms. The van der Waals surface area contributed by atoms with Gasteiger partial charge in [0.15, 0.2) is 5.82 Å². The molecule has 1 aromatic heterocycles. The minimum Gasteiger partial charge on any atom is -0.393 e. The lowest BCUT2D eigenvalue weighted by atomic mass is 10.1. The van der Waals surface area contributed by atoms with Gasteiger partial charge in [-0.3, -0.25) is 0 Å². The monoisotopic (exact) mass is 232 g/mol. The van der Waals surface area contributed by atoms with Crippen LogP contribution in [0.3, 0.4) is 0 Å². The smallest absolute Gasteiger partial charge is 0.229 e. The van der Waals surface area contributed by atoms with Crippen LogP contribution in [0, 0.1) is 6.92 Å². The van der Waals surface area contributed by atoms with E-state index in [0.29, 0.717) is 24.6 Å². The normalized spacial score (nSPS) is 12.6. The summed E-state index contributed by atoms with van der Waals surface area (Å²) in [6.07, 6.45) is 0.605. The highest BCUT2D eigenvalue weighted by Crippen LogP contribution is 2.09. The fourth-order valence-electron chi connectivity index (χ4n) is 1.70. The average molecular weight is 232 g/mol. The fraction of sp³-hybridized carbons (Fsp3) is 0.385.